The summed E-state index contributed by atoms with van der Waals surface area (Å²) in [6.07, 6.45) is 5.57. The number of ether oxygens (including phenoxy) is 1. The van der Waals surface area contributed by atoms with Crippen LogP contribution in [-0.2, 0) is 16.1 Å². The van der Waals surface area contributed by atoms with Crippen LogP contribution >= 0.6 is 0 Å². The smallest absolute Gasteiger partial charge is 0.326 e. The van der Waals surface area contributed by atoms with Crippen LogP contribution in [0.4, 0.5) is 0 Å². The zero-order chi connectivity index (χ0) is 12.1. The van der Waals surface area contributed by atoms with Gasteiger partial charge in [0.15, 0.2) is 0 Å². The minimum Gasteiger partial charge on any atom is -0.460 e. The Kier molecular flexibility index (Phi) is 3.60. The first-order valence-corrected chi connectivity index (χ1v) is 5.62. The molecule has 0 saturated carbocycles. The van der Waals surface area contributed by atoms with E-state index in [-0.39, 0.29) is 12.5 Å². The fourth-order valence-electron chi connectivity index (χ4n) is 1.70. The van der Waals surface area contributed by atoms with Crippen LogP contribution in [0.1, 0.15) is 6.92 Å². The molecule has 0 fully saturated rings. The normalized spacial score (nSPS) is 11.1. The van der Waals surface area contributed by atoms with Crippen molar-refractivity contribution in [1.29, 1.82) is 0 Å². The topological polar surface area (TPSA) is 31.2 Å². The van der Waals surface area contributed by atoms with Crippen molar-refractivity contribution in [2.75, 3.05) is 6.61 Å². The fraction of sp³-hybridized carbons (Fsp3) is 0.214. The third-order valence-corrected chi connectivity index (χ3v) is 2.56. The predicted molar refractivity (Wildman–Crippen MR) is 67.7 cm³/mol. The molecule has 2 rings (SSSR count). The van der Waals surface area contributed by atoms with Gasteiger partial charge in [0.1, 0.15) is 13.2 Å². The number of hydrogen-bond donors (Lipinski definition) is 0. The SMILES string of the molecule is CC=CCOC(=O)Cn1ccc2ccccc21. The molecule has 0 N–H and O–H groups in total. The number of benzene rings is 1. The average Bonchev–Trinajstić information content (AvgIpc) is 2.73. The maximum atomic E-state index is 11.6. The summed E-state index contributed by atoms with van der Waals surface area (Å²) in [6, 6.07) is 9.96. The maximum Gasteiger partial charge on any atom is 0.326 e. The molecule has 0 spiro atoms. The molecule has 0 atom stereocenters. The van der Waals surface area contributed by atoms with Gasteiger partial charge in [-0.15, -0.1) is 0 Å². The van der Waals surface area contributed by atoms with Gasteiger partial charge in [-0.1, -0.05) is 30.4 Å². The lowest BCUT2D eigenvalue weighted by molar-refractivity contribution is -0.143. The van der Waals surface area contributed by atoms with E-state index >= 15 is 0 Å². The van der Waals surface area contributed by atoms with Crippen LogP contribution in [0.25, 0.3) is 10.9 Å². The van der Waals surface area contributed by atoms with Gasteiger partial charge in [-0.25, -0.2) is 0 Å². The number of carbonyl (C=O) groups is 1. The fourth-order valence-corrected chi connectivity index (χ4v) is 1.70. The van der Waals surface area contributed by atoms with Crippen molar-refractivity contribution in [3.05, 3.63) is 48.7 Å². The van der Waals surface area contributed by atoms with E-state index in [9.17, 15) is 4.79 Å². The number of para-hydroxylation sites is 1. The highest BCUT2D eigenvalue weighted by atomic mass is 16.5. The summed E-state index contributed by atoms with van der Waals surface area (Å²) in [5.74, 6) is -0.218. The van der Waals surface area contributed by atoms with Gasteiger partial charge in [0, 0.05) is 11.7 Å². The number of fused-ring (bicyclic) bond motifs is 1. The summed E-state index contributed by atoms with van der Waals surface area (Å²) in [5, 5.41) is 1.13. The van der Waals surface area contributed by atoms with Gasteiger partial charge in [0.05, 0.1) is 0 Å². The molecule has 3 nitrogen and oxygen atoms in total. The summed E-state index contributed by atoms with van der Waals surface area (Å²) in [7, 11) is 0. The summed E-state index contributed by atoms with van der Waals surface area (Å²) >= 11 is 0. The molecule has 0 bridgehead atoms. The molecule has 0 amide bonds. The van der Waals surface area contributed by atoms with Crippen LogP contribution < -0.4 is 0 Å². The lowest BCUT2D eigenvalue weighted by atomic mass is 10.2. The van der Waals surface area contributed by atoms with Gasteiger partial charge >= 0.3 is 5.97 Å². The second-order valence-electron chi connectivity index (χ2n) is 3.75. The van der Waals surface area contributed by atoms with Crippen LogP contribution in [-0.4, -0.2) is 17.1 Å². The van der Waals surface area contributed by atoms with Crippen molar-refractivity contribution in [2.24, 2.45) is 0 Å². The summed E-state index contributed by atoms with van der Waals surface area (Å²) in [4.78, 5) is 11.6. The number of aromatic nitrogens is 1. The zero-order valence-electron chi connectivity index (χ0n) is 9.80. The lowest BCUT2D eigenvalue weighted by Crippen LogP contribution is -2.12. The number of nitrogens with zero attached hydrogens (tertiary/aromatic N) is 1. The Balaban J connectivity index is 2.05. The number of rotatable bonds is 4. The van der Waals surface area contributed by atoms with Crippen molar-refractivity contribution in [2.45, 2.75) is 13.5 Å². The molecular weight excluding hydrogens is 214 g/mol. The molecule has 3 heteroatoms. The Morgan fingerprint density at radius 1 is 1.35 bits per heavy atom. The van der Waals surface area contributed by atoms with E-state index in [1.54, 1.807) is 0 Å². The Labute approximate surface area is 100 Å². The first-order valence-electron chi connectivity index (χ1n) is 5.62. The molecule has 2 aromatic rings. The molecule has 1 aromatic carbocycles. The van der Waals surface area contributed by atoms with Gasteiger partial charge < -0.3 is 9.30 Å². The van der Waals surface area contributed by atoms with Crippen molar-refractivity contribution in [3.8, 4) is 0 Å². The zero-order valence-corrected chi connectivity index (χ0v) is 9.80. The number of carbonyl (C=O) groups excluding carboxylic acids is 1. The monoisotopic (exact) mass is 229 g/mol. The Bertz CT molecular complexity index is 540. The maximum absolute atomic E-state index is 11.6. The van der Waals surface area contributed by atoms with Gasteiger partial charge in [-0.3, -0.25) is 4.79 Å². The average molecular weight is 229 g/mol. The van der Waals surface area contributed by atoms with E-state index < -0.39 is 0 Å². The molecule has 1 aromatic heterocycles. The molecule has 0 aliphatic rings. The second kappa shape index (κ2) is 5.34. The molecule has 0 saturated heterocycles. The first-order chi connectivity index (χ1) is 8.31. The standard InChI is InChI=1S/C14H15NO2/c1-2-3-10-17-14(16)11-15-9-8-12-6-4-5-7-13(12)15/h2-9H,10-11H2,1H3. The predicted octanol–water partition coefficient (Wildman–Crippen LogP) is 2.76. The molecule has 0 radical (unpaired) electrons. The van der Waals surface area contributed by atoms with Gasteiger partial charge in [0.25, 0.3) is 0 Å². The molecule has 17 heavy (non-hydrogen) atoms. The van der Waals surface area contributed by atoms with Gasteiger partial charge in [0.2, 0.25) is 0 Å². The third kappa shape index (κ3) is 2.75. The van der Waals surface area contributed by atoms with Crippen LogP contribution in [0, 0.1) is 0 Å². The Hall–Kier alpha value is -2.03. The summed E-state index contributed by atoms with van der Waals surface area (Å²) in [5.41, 5.74) is 1.05. The molecule has 0 aliphatic carbocycles. The second-order valence-corrected chi connectivity index (χ2v) is 3.75. The minimum absolute atomic E-state index is 0.218. The molecule has 1 heterocycles. The van der Waals surface area contributed by atoms with Crippen LogP contribution in [0.2, 0.25) is 0 Å². The third-order valence-electron chi connectivity index (χ3n) is 2.56. The Morgan fingerprint density at radius 2 is 2.18 bits per heavy atom. The van der Waals surface area contributed by atoms with Crippen LogP contribution in [0.3, 0.4) is 0 Å². The minimum atomic E-state index is -0.218. The van der Waals surface area contributed by atoms with E-state index in [1.807, 2.05) is 60.2 Å². The highest BCUT2D eigenvalue weighted by molar-refractivity contribution is 5.81. The van der Waals surface area contributed by atoms with E-state index in [4.69, 9.17) is 4.74 Å². The largest absolute Gasteiger partial charge is 0.460 e. The van der Waals surface area contributed by atoms with E-state index in [0.717, 1.165) is 10.9 Å². The number of esters is 1. The van der Waals surface area contributed by atoms with Crippen LogP contribution in [0.5, 0.6) is 0 Å². The highest BCUT2D eigenvalue weighted by Crippen LogP contribution is 2.14. The van der Waals surface area contributed by atoms with Crippen molar-refractivity contribution < 1.29 is 9.53 Å². The first kappa shape index (κ1) is 11.5. The molecule has 88 valence electrons. The lowest BCUT2D eigenvalue weighted by Gasteiger charge is -2.04. The number of hydrogen-bond acceptors (Lipinski definition) is 2. The van der Waals surface area contributed by atoms with E-state index in [2.05, 4.69) is 0 Å². The molecule has 0 aliphatic heterocycles. The Morgan fingerprint density at radius 3 is 3.00 bits per heavy atom. The van der Waals surface area contributed by atoms with Crippen molar-refractivity contribution >= 4 is 16.9 Å². The highest BCUT2D eigenvalue weighted by Gasteiger charge is 2.05. The quantitative estimate of drug-likeness (QED) is 0.596. The van der Waals surface area contributed by atoms with Crippen molar-refractivity contribution in [1.82, 2.24) is 4.57 Å². The van der Waals surface area contributed by atoms with Crippen LogP contribution in [0.15, 0.2) is 48.7 Å². The van der Waals surface area contributed by atoms with Gasteiger partial charge in [-0.05, 0) is 24.4 Å². The summed E-state index contributed by atoms with van der Waals surface area (Å²) in [6.45, 7) is 2.49. The van der Waals surface area contributed by atoms with Crippen molar-refractivity contribution in [3.63, 3.8) is 0 Å². The molecule has 0 unspecified atom stereocenters. The van der Waals surface area contributed by atoms with E-state index in [1.165, 1.54) is 0 Å². The van der Waals surface area contributed by atoms with Gasteiger partial charge in [-0.2, -0.15) is 0 Å². The molecular formula is C14H15NO2. The summed E-state index contributed by atoms with van der Waals surface area (Å²) < 4.78 is 6.95. The number of allylic oxidation sites excluding steroid dienone is 1. The van der Waals surface area contributed by atoms with E-state index in [0.29, 0.717) is 6.61 Å².